The van der Waals surface area contributed by atoms with Crippen molar-refractivity contribution < 1.29 is 32.2 Å². The molecule has 9 nitrogen and oxygen atoms in total. The molecule has 12 heteroatoms. The lowest BCUT2D eigenvalue weighted by Gasteiger charge is -2.30. The van der Waals surface area contributed by atoms with Crippen LogP contribution in [0.2, 0.25) is 0 Å². The Morgan fingerprint density at radius 3 is 2.16 bits per heavy atom. The van der Waals surface area contributed by atoms with Crippen molar-refractivity contribution in [3.05, 3.63) is 99.5 Å². The van der Waals surface area contributed by atoms with Crippen LogP contribution in [0.3, 0.4) is 0 Å². The molecule has 1 saturated carbocycles. The molecule has 2 heterocycles. The van der Waals surface area contributed by atoms with E-state index >= 15 is 0 Å². The van der Waals surface area contributed by atoms with Crippen LogP contribution in [0, 0.1) is 5.92 Å². The molecule has 0 radical (unpaired) electrons. The molecule has 0 N–H and O–H groups in total. The first-order chi connectivity index (χ1) is 21.4. The van der Waals surface area contributed by atoms with Gasteiger partial charge in [0.25, 0.3) is 11.5 Å². The van der Waals surface area contributed by atoms with Crippen LogP contribution in [0.5, 0.6) is 11.5 Å². The number of fused-ring (bicyclic) bond motifs is 1. The van der Waals surface area contributed by atoms with E-state index in [2.05, 4.69) is 0 Å². The highest BCUT2D eigenvalue weighted by Crippen LogP contribution is 2.44. The van der Waals surface area contributed by atoms with E-state index in [0.29, 0.717) is 18.0 Å². The van der Waals surface area contributed by atoms with Crippen LogP contribution in [-0.2, 0) is 22.3 Å². The van der Waals surface area contributed by atoms with E-state index in [0.717, 1.165) is 64.5 Å². The van der Waals surface area contributed by atoms with Gasteiger partial charge in [-0.1, -0.05) is 24.3 Å². The number of carbonyl (C=O) groups is 2. The lowest BCUT2D eigenvalue weighted by Crippen LogP contribution is -2.36. The molecule has 2 aromatic carbocycles. The van der Waals surface area contributed by atoms with E-state index in [1.165, 1.54) is 9.91 Å². The summed E-state index contributed by atoms with van der Waals surface area (Å²) in [4.78, 5) is 36.9. The predicted octanol–water partition coefficient (Wildman–Crippen LogP) is 5.41. The van der Waals surface area contributed by atoms with Crippen LogP contribution < -0.4 is 15.0 Å². The predicted molar refractivity (Wildman–Crippen MR) is 164 cm³/mol. The minimum atomic E-state index is -4.64. The normalized spacial score (nSPS) is 18.3. The van der Waals surface area contributed by atoms with E-state index in [-0.39, 0.29) is 5.92 Å². The molecule has 45 heavy (non-hydrogen) atoms. The van der Waals surface area contributed by atoms with Gasteiger partial charge in [-0.05, 0) is 72.4 Å². The van der Waals surface area contributed by atoms with Crippen LogP contribution in [0.15, 0.2) is 82.3 Å². The molecule has 0 spiro atoms. The number of alkyl halides is 3. The number of ether oxygens (including phenoxy) is 2. The van der Waals surface area contributed by atoms with Gasteiger partial charge in [-0.25, -0.2) is 5.01 Å². The summed E-state index contributed by atoms with van der Waals surface area (Å²) in [6.45, 7) is -0.573. The Balaban J connectivity index is 0.000000854. The molecule has 2 unspecified atom stereocenters. The van der Waals surface area contributed by atoms with Crippen molar-refractivity contribution in [1.82, 2.24) is 14.5 Å². The third kappa shape index (κ3) is 8.00. The number of benzene rings is 2. The smallest absolute Gasteiger partial charge is 0.417 e. The number of pyridine rings is 1. The molecule has 3 aromatic rings. The number of allylic oxidation sites excluding steroid dienone is 1. The zero-order valence-electron chi connectivity index (χ0n) is 25.5. The highest BCUT2D eigenvalue weighted by Gasteiger charge is 2.44. The maximum absolute atomic E-state index is 13.6. The Hall–Kier alpha value is -4.87. The number of carbonyl (C=O) groups excluding carboxylic acids is 2. The number of aromatic nitrogens is 1. The summed E-state index contributed by atoms with van der Waals surface area (Å²) >= 11 is 0. The van der Waals surface area contributed by atoms with Gasteiger partial charge in [-0.15, -0.1) is 0 Å². The van der Waals surface area contributed by atoms with Gasteiger partial charge < -0.3 is 18.9 Å². The Morgan fingerprint density at radius 1 is 1.00 bits per heavy atom. The van der Waals surface area contributed by atoms with Gasteiger partial charge in [0.1, 0.15) is 18.0 Å². The van der Waals surface area contributed by atoms with Crippen LogP contribution in [0.1, 0.15) is 42.0 Å². The van der Waals surface area contributed by atoms with Gasteiger partial charge in [0.05, 0.1) is 31.5 Å². The van der Waals surface area contributed by atoms with Crippen molar-refractivity contribution in [2.24, 2.45) is 11.0 Å². The average Bonchev–Trinajstić information content (AvgIpc) is 3.43. The first-order valence-electron chi connectivity index (χ1n) is 14.2. The topological polar surface area (TPSA) is 93.4 Å². The van der Waals surface area contributed by atoms with E-state index in [4.69, 9.17) is 14.6 Å². The van der Waals surface area contributed by atoms with Crippen molar-refractivity contribution in [3.8, 4) is 11.5 Å². The Bertz CT molecular complexity index is 1610. The number of hydrogen-bond acceptors (Lipinski definition) is 6. The Kier molecular flexibility index (Phi) is 10.5. The molecular formula is C33H35F3N4O5. The van der Waals surface area contributed by atoms with Crippen molar-refractivity contribution >= 4 is 24.1 Å². The fourth-order valence-electron chi connectivity index (χ4n) is 5.28. The van der Waals surface area contributed by atoms with Crippen LogP contribution in [-0.4, -0.2) is 60.8 Å². The van der Waals surface area contributed by atoms with Gasteiger partial charge in [-0.3, -0.25) is 14.4 Å². The number of amides is 2. The molecule has 238 valence electrons. The van der Waals surface area contributed by atoms with Crippen LogP contribution >= 0.6 is 0 Å². The molecule has 1 aliphatic carbocycles. The maximum atomic E-state index is 13.6. The highest BCUT2D eigenvalue weighted by molar-refractivity contribution is 6.08. The number of halogens is 3. The second kappa shape index (κ2) is 14.3. The van der Waals surface area contributed by atoms with Gasteiger partial charge in [0, 0.05) is 32.3 Å². The average molecular weight is 625 g/mol. The summed E-state index contributed by atoms with van der Waals surface area (Å²) in [7, 11) is 6.54. The summed E-state index contributed by atoms with van der Waals surface area (Å²) in [5, 5.41) is 6.09. The maximum Gasteiger partial charge on any atom is 0.417 e. The third-order valence-corrected chi connectivity index (χ3v) is 7.50. The summed E-state index contributed by atoms with van der Waals surface area (Å²) in [6, 6.07) is 16.0. The van der Waals surface area contributed by atoms with E-state index in [1.807, 2.05) is 42.5 Å². The molecule has 1 fully saturated rings. The van der Waals surface area contributed by atoms with Crippen molar-refractivity contribution in [2.45, 2.75) is 38.0 Å². The molecule has 0 bridgehead atoms. The Labute approximate surface area is 259 Å². The quantitative estimate of drug-likeness (QED) is 0.328. The summed E-state index contributed by atoms with van der Waals surface area (Å²) in [5.74, 6) is 0.699. The fraction of sp³-hybridized carbons (Fsp3) is 0.333. The number of hydrogen-bond donors (Lipinski definition) is 0. The fourth-order valence-corrected chi connectivity index (χ4v) is 5.28. The third-order valence-electron chi connectivity index (χ3n) is 7.50. The molecular weight excluding hydrogens is 589 g/mol. The minimum absolute atomic E-state index is 0.117. The second-order valence-electron chi connectivity index (χ2n) is 10.8. The molecule has 2 amide bonds. The van der Waals surface area contributed by atoms with Crippen molar-refractivity contribution in [2.75, 3.05) is 28.3 Å². The van der Waals surface area contributed by atoms with Gasteiger partial charge >= 0.3 is 6.18 Å². The summed E-state index contributed by atoms with van der Waals surface area (Å²) in [5.41, 5.74) is 1.84. The first kappa shape index (κ1) is 33.0. The molecule has 1 aliphatic heterocycles. The lowest BCUT2D eigenvalue weighted by molar-refractivity contribution is -0.139. The summed E-state index contributed by atoms with van der Waals surface area (Å²) < 4.78 is 51.2. The number of methoxy groups -OCH3 is 2. The SMILES string of the molecule is CN(C)C=O.COc1ccc(/C=C2/CCCC3C2=NN(C(=O)Cn2cc(C(F)(F)F)ccc2=O)C3c2ccc(OC)cc2)cc1. The van der Waals surface area contributed by atoms with Crippen LogP contribution in [0.25, 0.3) is 6.08 Å². The number of nitrogens with zero attached hydrogens (tertiary/aromatic N) is 4. The van der Waals surface area contributed by atoms with Gasteiger partial charge in [0.2, 0.25) is 6.41 Å². The lowest BCUT2D eigenvalue weighted by atomic mass is 9.77. The standard InChI is InChI=1S/C30H28F3N3O4.C3H7NO/c1-39-23-11-6-19(7-12-23)16-21-4-3-5-25-28(21)34-36(29(25)20-8-13-24(40-2)14-9-20)27(38)18-35-17-22(30(31,32)33)10-15-26(35)37;1-4(2)3-5/h6-17,25,29H,3-5,18H2,1-2H3;3H,1-2H3/b21-16-;. The Morgan fingerprint density at radius 2 is 1.60 bits per heavy atom. The number of hydrazone groups is 1. The largest absolute Gasteiger partial charge is 0.497 e. The monoisotopic (exact) mass is 624 g/mol. The first-order valence-corrected chi connectivity index (χ1v) is 14.2. The highest BCUT2D eigenvalue weighted by atomic mass is 19.4. The van der Waals surface area contributed by atoms with E-state index in [1.54, 1.807) is 40.4 Å². The van der Waals surface area contributed by atoms with E-state index < -0.39 is 35.8 Å². The molecule has 1 aromatic heterocycles. The molecule has 5 rings (SSSR count). The van der Waals surface area contributed by atoms with Gasteiger partial charge in [0.15, 0.2) is 0 Å². The van der Waals surface area contributed by atoms with Crippen molar-refractivity contribution in [1.29, 1.82) is 0 Å². The van der Waals surface area contributed by atoms with Crippen LogP contribution in [0.4, 0.5) is 13.2 Å². The number of rotatable bonds is 7. The zero-order chi connectivity index (χ0) is 32.7. The minimum Gasteiger partial charge on any atom is -0.497 e. The van der Waals surface area contributed by atoms with Gasteiger partial charge in [-0.2, -0.15) is 18.3 Å². The van der Waals surface area contributed by atoms with Crippen molar-refractivity contribution in [3.63, 3.8) is 0 Å². The summed E-state index contributed by atoms with van der Waals surface area (Å²) in [6.07, 6.45) is 1.25. The molecule has 0 saturated heterocycles. The molecule has 2 aliphatic rings. The zero-order valence-corrected chi connectivity index (χ0v) is 25.5. The second-order valence-corrected chi connectivity index (χ2v) is 10.8. The van der Waals surface area contributed by atoms with E-state index in [9.17, 15) is 27.6 Å². The molecule has 2 atom stereocenters.